The highest BCUT2D eigenvalue weighted by Crippen LogP contribution is 2.06. The van der Waals surface area contributed by atoms with Gasteiger partial charge in [0.1, 0.15) is 12.2 Å². The molecule has 0 aliphatic carbocycles. The first-order chi connectivity index (χ1) is 13.7. The second kappa shape index (κ2) is 14.5. The van der Waals surface area contributed by atoms with Gasteiger partial charge in [-0.3, -0.25) is 0 Å². The van der Waals surface area contributed by atoms with Gasteiger partial charge in [0.15, 0.2) is 6.04 Å². The van der Waals surface area contributed by atoms with Gasteiger partial charge < -0.3 is 29.6 Å². The van der Waals surface area contributed by atoms with Crippen LogP contribution in [0.25, 0.3) is 0 Å². The molecule has 1 aromatic rings. The predicted molar refractivity (Wildman–Crippen MR) is 116 cm³/mol. The van der Waals surface area contributed by atoms with Crippen LogP contribution >= 0.6 is 13.5 Å². The standard InChI is InChI=1S/C20H30N2O7.H2S/c1-20(2,3)29-18(24)21-11-8-12-27-14-16(17(23)26-4)22-19(25)28-13-15-9-6-5-7-10-15;/h5-7,9-10,16H,8,11-14H2,1-4H3,(H,21,24)(H,22,25);1H2/t16-;/m0./s1. The van der Waals surface area contributed by atoms with Crippen LogP contribution < -0.4 is 10.6 Å². The normalized spacial score (nSPS) is 11.5. The molecule has 2 amide bonds. The summed E-state index contributed by atoms with van der Waals surface area (Å²) in [6, 6.07) is 8.16. The molecule has 0 unspecified atom stereocenters. The quantitative estimate of drug-likeness (QED) is 0.324. The van der Waals surface area contributed by atoms with E-state index in [2.05, 4.69) is 15.4 Å². The Bertz CT molecular complexity index is 650. The fourth-order valence-electron chi connectivity index (χ4n) is 2.10. The lowest BCUT2D eigenvalue weighted by Gasteiger charge is -2.19. The van der Waals surface area contributed by atoms with E-state index in [0.29, 0.717) is 13.0 Å². The summed E-state index contributed by atoms with van der Waals surface area (Å²) in [5.74, 6) is -0.645. The lowest BCUT2D eigenvalue weighted by atomic mass is 10.2. The molecule has 0 aliphatic heterocycles. The molecule has 2 N–H and O–H groups in total. The van der Waals surface area contributed by atoms with Crippen LogP contribution in [0.1, 0.15) is 32.8 Å². The van der Waals surface area contributed by atoms with E-state index >= 15 is 0 Å². The Morgan fingerprint density at radius 1 is 1.07 bits per heavy atom. The Morgan fingerprint density at radius 3 is 2.33 bits per heavy atom. The lowest BCUT2D eigenvalue weighted by molar-refractivity contribution is -0.144. The maximum atomic E-state index is 11.9. The largest absolute Gasteiger partial charge is 0.467 e. The molecule has 1 atom stereocenters. The zero-order valence-corrected chi connectivity index (χ0v) is 18.9. The van der Waals surface area contributed by atoms with Crippen molar-refractivity contribution < 1.29 is 33.3 Å². The molecule has 9 nitrogen and oxygen atoms in total. The maximum Gasteiger partial charge on any atom is 0.408 e. The summed E-state index contributed by atoms with van der Waals surface area (Å²) < 4.78 is 20.3. The molecule has 0 radical (unpaired) electrons. The summed E-state index contributed by atoms with van der Waals surface area (Å²) in [5, 5.41) is 5.03. The molecule has 1 aromatic carbocycles. The second-order valence-electron chi connectivity index (χ2n) is 7.14. The van der Waals surface area contributed by atoms with Gasteiger partial charge in [-0.25, -0.2) is 14.4 Å². The van der Waals surface area contributed by atoms with Gasteiger partial charge in [-0.2, -0.15) is 13.5 Å². The zero-order valence-electron chi connectivity index (χ0n) is 17.9. The monoisotopic (exact) mass is 444 g/mol. The minimum atomic E-state index is -0.998. The number of alkyl carbamates (subject to hydrolysis) is 2. The summed E-state index contributed by atoms with van der Waals surface area (Å²) in [6.45, 7) is 5.95. The van der Waals surface area contributed by atoms with Crippen molar-refractivity contribution in [1.82, 2.24) is 10.6 Å². The van der Waals surface area contributed by atoms with E-state index in [1.807, 2.05) is 30.3 Å². The molecule has 30 heavy (non-hydrogen) atoms. The van der Waals surface area contributed by atoms with Gasteiger partial charge >= 0.3 is 18.2 Å². The Labute approximate surface area is 184 Å². The third-order valence-corrected chi connectivity index (χ3v) is 3.41. The minimum Gasteiger partial charge on any atom is -0.467 e. The molecule has 0 saturated heterocycles. The molecule has 0 bridgehead atoms. The highest BCUT2D eigenvalue weighted by molar-refractivity contribution is 7.59. The Morgan fingerprint density at radius 2 is 1.73 bits per heavy atom. The van der Waals surface area contributed by atoms with Gasteiger partial charge in [-0.05, 0) is 32.8 Å². The van der Waals surface area contributed by atoms with Crippen molar-refractivity contribution in [2.45, 2.75) is 45.4 Å². The van der Waals surface area contributed by atoms with E-state index in [1.165, 1.54) is 7.11 Å². The van der Waals surface area contributed by atoms with Gasteiger partial charge in [0.2, 0.25) is 0 Å². The third-order valence-electron chi connectivity index (χ3n) is 3.41. The SMILES string of the molecule is COC(=O)[C@H](COCCCNC(=O)OC(C)(C)C)NC(=O)OCc1ccccc1.S. The summed E-state index contributed by atoms with van der Waals surface area (Å²) in [5.41, 5.74) is 0.265. The second-order valence-corrected chi connectivity index (χ2v) is 7.14. The molecule has 10 heteroatoms. The number of hydrogen-bond donors (Lipinski definition) is 2. The van der Waals surface area contributed by atoms with Gasteiger partial charge in [0.25, 0.3) is 0 Å². The van der Waals surface area contributed by atoms with Gasteiger partial charge in [0.05, 0.1) is 13.7 Å². The van der Waals surface area contributed by atoms with E-state index < -0.39 is 29.8 Å². The maximum absolute atomic E-state index is 11.9. The van der Waals surface area contributed by atoms with Crippen LogP contribution in [0.2, 0.25) is 0 Å². The van der Waals surface area contributed by atoms with E-state index in [0.717, 1.165) is 5.56 Å². The zero-order chi connectivity index (χ0) is 21.7. The summed E-state index contributed by atoms with van der Waals surface area (Å²) in [4.78, 5) is 35.2. The Kier molecular flexibility index (Phi) is 13.3. The Hall–Kier alpha value is -2.46. The van der Waals surface area contributed by atoms with Crippen molar-refractivity contribution in [2.24, 2.45) is 0 Å². The van der Waals surface area contributed by atoms with E-state index in [-0.39, 0.29) is 33.3 Å². The van der Waals surface area contributed by atoms with Crippen LogP contribution in [-0.2, 0) is 30.3 Å². The van der Waals surface area contributed by atoms with E-state index in [9.17, 15) is 14.4 Å². The van der Waals surface area contributed by atoms with Gasteiger partial charge in [0, 0.05) is 13.2 Å². The number of ether oxygens (including phenoxy) is 4. The number of amides is 2. The number of esters is 1. The van der Waals surface area contributed by atoms with Crippen LogP contribution in [0.4, 0.5) is 9.59 Å². The molecule has 1 rings (SSSR count). The number of hydrogen-bond acceptors (Lipinski definition) is 7. The summed E-state index contributed by atoms with van der Waals surface area (Å²) in [7, 11) is 1.22. The smallest absolute Gasteiger partial charge is 0.408 e. The topological polar surface area (TPSA) is 112 Å². The summed E-state index contributed by atoms with van der Waals surface area (Å²) in [6.07, 6.45) is -0.752. The molecule has 0 fully saturated rings. The van der Waals surface area contributed by atoms with E-state index in [1.54, 1.807) is 20.8 Å². The average Bonchev–Trinajstić information content (AvgIpc) is 2.66. The highest BCUT2D eigenvalue weighted by Gasteiger charge is 2.22. The van der Waals surface area contributed by atoms with Crippen LogP contribution in [0.3, 0.4) is 0 Å². The average molecular weight is 445 g/mol. The number of carbonyl (C=O) groups excluding carboxylic acids is 3. The van der Waals surface area contributed by atoms with Crippen molar-refractivity contribution in [3.8, 4) is 0 Å². The predicted octanol–water partition coefficient (Wildman–Crippen LogP) is 2.50. The number of rotatable bonds is 10. The molecular weight excluding hydrogens is 412 g/mol. The van der Waals surface area contributed by atoms with Crippen LogP contribution in [0.5, 0.6) is 0 Å². The third kappa shape index (κ3) is 12.9. The number of carbonyl (C=O) groups is 3. The molecule has 0 aromatic heterocycles. The lowest BCUT2D eigenvalue weighted by Crippen LogP contribution is -2.45. The number of benzene rings is 1. The molecule has 0 heterocycles. The molecule has 170 valence electrons. The fraction of sp³-hybridized carbons (Fsp3) is 0.550. The fourth-order valence-corrected chi connectivity index (χ4v) is 2.10. The number of nitrogens with one attached hydrogen (secondary N) is 2. The van der Waals surface area contributed by atoms with Crippen molar-refractivity contribution >= 4 is 31.7 Å². The van der Waals surface area contributed by atoms with Crippen molar-refractivity contribution in [3.05, 3.63) is 35.9 Å². The minimum absolute atomic E-state index is 0. The van der Waals surface area contributed by atoms with Crippen LogP contribution in [0.15, 0.2) is 30.3 Å². The number of methoxy groups -OCH3 is 1. The first kappa shape index (κ1) is 27.5. The molecule has 0 saturated carbocycles. The first-order valence-electron chi connectivity index (χ1n) is 9.31. The van der Waals surface area contributed by atoms with Crippen LogP contribution in [-0.4, -0.2) is 56.7 Å². The molecule has 0 aliphatic rings. The highest BCUT2D eigenvalue weighted by atomic mass is 32.1. The molecular formula is C20H32N2O7S. The van der Waals surface area contributed by atoms with Crippen molar-refractivity contribution in [2.75, 3.05) is 26.9 Å². The molecule has 0 spiro atoms. The van der Waals surface area contributed by atoms with Crippen molar-refractivity contribution in [1.29, 1.82) is 0 Å². The van der Waals surface area contributed by atoms with Crippen LogP contribution in [0, 0.1) is 0 Å². The van der Waals surface area contributed by atoms with Gasteiger partial charge in [-0.15, -0.1) is 0 Å². The summed E-state index contributed by atoms with van der Waals surface area (Å²) >= 11 is 0. The van der Waals surface area contributed by atoms with Crippen molar-refractivity contribution in [3.63, 3.8) is 0 Å². The van der Waals surface area contributed by atoms with E-state index in [4.69, 9.17) is 14.2 Å². The Balaban J connectivity index is 0.00000841. The van der Waals surface area contributed by atoms with Gasteiger partial charge in [-0.1, -0.05) is 30.3 Å². The first-order valence-corrected chi connectivity index (χ1v) is 9.31.